The van der Waals surface area contributed by atoms with Gasteiger partial charge in [-0.1, -0.05) is 12.1 Å². The Morgan fingerprint density at radius 2 is 2.19 bits per heavy atom. The third-order valence-electron chi connectivity index (χ3n) is 4.78. The van der Waals surface area contributed by atoms with E-state index in [9.17, 15) is 4.79 Å². The summed E-state index contributed by atoms with van der Waals surface area (Å²) in [7, 11) is 1.73. The Kier molecular flexibility index (Phi) is 3.89. The van der Waals surface area contributed by atoms with Crippen LogP contribution < -0.4 is 5.73 Å². The van der Waals surface area contributed by atoms with Crippen LogP contribution in [0.4, 0.5) is 5.69 Å². The average molecular weight is 288 g/mol. The second-order valence-electron chi connectivity index (χ2n) is 6.42. The van der Waals surface area contributed by atoms with Crippen LogP contribution in [0.25, 0.3) is 0 Å². The normalized spacial score (nSPS) is 19.9. The highest BCUT2D eigenvalue weighted by molar-refractivity contribution is 5.78. The Labute approximate surface area is 126 Å². The molecule has 0 aliphatic heterocycles. The van der Waals surface area contributed by atoms with Crippen LogP contribution in [0.3, 0.4) is 0 Å². The Morgan fingerprint density at radius 3 is 2.71 bits per heavy atom. The maximum absolute atomic E-state index is 12.7. The van der Waals surface area contributed by atoms with Gasteiger partial charge in [0.1, 0.15) is 0 Å². The number of rotatable bonds is 6. The highest BCUT2D eigenvalue weighted by Gasteiger charge is 2.42. The van der Waals surface area contributed by atoms with E-state index in [2.05, 4.69) is 0 Å². The monoisotopic (exact) mass is 288 g/mol. The molecule has 0 aromatic heterocycles. The largest absolute Gasteiger partial charge is 0.399 e. The van der Waals surface area contributed by atoms with Crippen LogP contribution in [0.2, 0.25) is 0 Å². The summed E-state index contributed by atoms with van der Waals surface area (Å²) in [6.07, 6.45) is 5.93. The molecule has 0 atom stereocenters. The predicted molar refractivity (Wildman–Crippen MR) is 82.6 cm³/mol. The molecule has 1 amide bonds. The van der Waals surface area contributed by atoms with Crippen molar-refractivity contribution in [3.05, 3.63) is 29.8 Å². The van der Waals surface area contributed by atoms with Crippen LogP contribution in [-0.4, -0.2) is 29.6 Å². The van der Waals surface area contributed by atoms with Gasteiger partial charge in [0, 0.05) is 25.4 Å². The lowest BCUT2D eigenvalue weighted by molar-refractivity contribution is -0.145. The number of nitrogen functional groups attached to an aromatic ring is 1. The Hall–Kier alpha value is -1.55. The van der Waals surface area contributed by atoms with Gasteiger partial charge in [-0.25, -0.2) is 0 Å². The minimum atomic E-state index is -0.195. The van der Waals surface area contributed by atoms with Crippen molar-refractivity contribution in [1.82, 2.24) is 4.90 Å². The van der Waals surface area contributed by atoms with E-state index in [1.807, 2.05) is 29.2 Å². The molecule has 2 fully saturated rings. The molecule has 1 aromatic rings. The van der Waals surface area contributed by atoms with E-state index in [1.54, 1.807) is 7.11 Å². The van der Waals surface area contributed by atoms with Crippen LogP contribution in [-0.2, 0) is 16.1 Å². The molecule has 0 bridgehead atoms. The van der Waals surface area contributed by atoms with E-state index in [1.165, 1.54) is 6.42 Å². The molecular weight excluding hydrogens is 264 g/mol. The highest BCUT2D eigenvalue weighted by Crippen LogP contribution is 2.39. The first kappa shape index (κ1) is 14.4. The van der Waals surface area contributed by atoms with E-state index in [-0.39, 0.29) is 11.5 Å². The molecule has 0 saturated heterocycles. The molecule has 4 heteroatoms. The summed E-state index contributed by atoms with van der Waals surface area (Å²) in [6, 6.07) is 8.23. The Balaban J connectivity index is 1.68. The third kappa shape index (κ3) is 3.21. The molecule has 2 aliphatic rings. The molecule has 21 heavy (non-hydrogen) atoms. The molecule has 2 saturated carbocycles. The zero-order valence-corrected chi connectivity index (χ0v) is 12.7. The summed E-state index contributed by atoms with van der Waals surface area (Å²) in [4.78, 5) is 14.7. The van der Waals surface area contributed by atoms with Crippen molar-refractivity contribution >= 4 is 11.6 Å². The highest BCUT2D eigenvalue weighted by atomic mass is 16.5. The standard InChI is InChI=1S/C17H24N2O2/c1-21-17(8-3-9-17)11-16(20)19(15-6-7-15)12-13-4-2-5-14(18)10-13/h2,4-5,10,15H,3,6-9,11-12,18H2,1H3. The van der Waals surface area contributed by atoms with Crippen molar-refractivity contribution in [3.63, 3.8) is 0 Å². The van der Waals surface area contributed by atoms with E-state index >= 15 is 0 Å². The second-order valence-corrected chi connectivity index (χ2v) is 6.42. The first-order valence-corrected chi connectivity index (χ1v) is 7.81. The SMILES string of the molecule is COC1(CC(=O)N(Cc2cccc(N)c2)C2CC2)CCC1. The van der Waals surface area contributed by atoms with E-state index in [4.69, 9.17) is 10.5 Å². The summed E-state index contributed by atoms with van der Waals surface area (Å²) in [5.74, 6) is 0.224. The van der Waals surface area contributed by atoms with Gasteiger partial charge in [-0.05, 0) is 49.8 Å². The number of benzene rings is 1. The summed E-state index contributed by atoms with van der Waals surface area (Å²) in [5, 5.41) is 0. The molecule has 0 unspecified atom stereocenters. The van der Waals surface area contributed by atoms with Crippen molar-refractivity contribution < 1.29 is 9.53 Å². The van der Waals surface area contributed by atoms with Gasteiger partial charge >= 0.3 is 0 Å². The summed E-state index contributed by atoms with van der Waals surface area (Å²) in [6.45, 7) is 0.661. The number of hydrogen-bond donors (Lipinski definition) is 1. The molecule has 4 nitrogen and oxygen atoms in total. The van der Waals surface area contributed by atoms with Crippen LogP contribution in [0, 0.1) is 0 Å². The number of nitrogens with zero attached hydrogens (tertiary/aromatic N) is 1. The lowest BCUT2D eigenvalue weighted by Crippen LogP contribution is -2.45. The zero-order chi connectivity index (χ0) is 14.9. The van der Waals surface area contributed by atoms with E-state index < -0.39 is 0 Å². The second kappa shape index (κ2) is 5.68. The quantitative estimate of drug-likeness (QED) is 0.819. The Bertz CT molecular complexity index is 516. The van der Waals surface area contributed by atoms with Gasteiger partial charge < -0.3 is 15.4 Å². The first-order chi connectivity index (χ1) is 10.1. The van der Waals surface area contributed by atoms with Crippen molar-refractivity contribution in [2.75, 3.05) is 12.8 Å². The van der Waals surface area contributed by atoms with Crippen LogP contribution in [0.1, 0.15) is 44.1 Å². The molecule has 114 valence electrons. The molecule has 2 N–H and O–H groups in total. The zero-order valence-electron chi connectivity index (χ0n) is 12.7. The van der Waals surface area contributed by atoms with Crippen LogP contribution >= 0.6 is 0 Å². The number of ether oxygens (including phenoxy) is 1. The number of anilines is 1. The number of carbonyl (C=O) groups excluding carboxylic acids is 1. The van der Waals surface area contributed by atoms with Crippen LogP contribution in [0.15, 0.2) is 24.3 Å². The van der Waals surface area contributed by atoms with Crippen molar-refractivity contribution in [2.24, 2.45) is 0 Å². The average Bonchev–Trinajstić information content (AvgIpc) is 3.24. The molecule has 0 spiro atoms. The van der Waals surface area contributed by atoms with Gasteiger partial charge in [-0.15, -0.1) is 0 Å². The molecule has 1 aromatic carbocycles. The van der Waals surface area contributed by atoms with Gasteiger partial charge in [0.25, 0.3) is 0 Å². The number of hydrogen-bond acceptors (Lipinski definition) is 3. The molecule has 0 heterocycles. The minimum Gasteiger partial charge on any atom is -0.399 e. The van der Waals surface area contributed by atoms with Gasteiger partial charge in [0.05, 0.1) is 12.0 Å². The Morgan fingerprint density at radius 1 is 1.43 bits per heavy atom. The smallest absolute Gasteiger partial charge is 0.226 e. The lowest BCUT2D eigenvalue weighted by Gasteiger charge is -2.41. The molecule has 2 aliphatic carbocycles. The van der Waals surface area contributed by atoms with Crippen molar-refractivity contribution in [3.8, 4) is 0 Å². The minimum absolute atomic E-state index is 0.195. The van der Waals surface area contributed by atoms with Crippen LogP contribution in [0.5, 0.6) is 0 Å². The number of methoxy groups -OCH3 is 1. The summed E-state index contributed by atoms with van der Waals surface area (Å²) >= 11 is 0. The number of nitrogens with two attached hydrogens (primary N) is 1. The van der Waals surface area contributed by atoms with Crippen molar-refractivity contribution in [2.45, 2.75) is 56.7 Å². The first-order valence-electron chi connectivity index (χ1n) is 7.81. The van der Waals surface area contributed by atoms with E-state index in [0.29, 0.717) is 19.0 Å². The lowest BCUT2D eigenvalue weighted by atomic mass is 9.77. The maximum atomic E-state index is 12.7. The molecule has 0 radical (unpaired) electrons. The molecule has 3 rings (SSSR count). The fourth-order valence-electron chi connectivity index (χ4n) is 3.10. The molecular formula is C17H24N2O2. The summed E-state index contributed by atoms with van der Waals surface area (Å²) < 4.78 is 5.60. The number of amides is 1. The summed E-state index contributed by atoms with van der Waals surface area (Å²) in [5.41, 5.74) is 7.50. The fourth-order valence-corrected chi connectivity index (χ4v) is 3.10. The van der Waals surface area contributed by atoms with Gasteiger partial charge in [-0.3, -0.25) is 4.79 Å². The topological polar surface area (TPSA) is 55.6 Å². The maximum Gasteiger partial charge on any atom is 0.226 e. The van der Waals surface area contributed by atoms with Gasteiger partial charge in [0.2, 0.25) is 5.91 Å². The van der Waals surface area contributed by atoms with Gasteiger partial charge in [-0.2, -0.15) is 0 Å². The van der Waals surface area contributed by atoms with E-state index in [0.717, 1.165) is 36.9 Å². The third-order valence-corrected chi connectivity index (χ3v) is 4.78. The van der Waals surface area contributed by atoms with Crippen molar-refractivity contribution in [1.29, 1.82) is 0 Å². The van der Waals surface area contributed by atoms with Gasteiger partial charge in [0.15, 0.2) is 0 Å². The number of carbonyl (C=O) groups is 1. The predicted octanol–water partition coefficient (Wildman–Crippen LogP) is 2.72. The fraction of sp³-hybridized carbons (Fsp3) is 0.588.